The average Bonchev–Trinajstić information content (AvgIpc) is 3.79. The standard InChI is InChI=1S/C61H40N4S/c1-40-28-29-44-16-8-9-27-56(44)65(40)51-36-34-42(35-37-51)48-20-11-22-50(39-48)49-21-10-19-47(38-49)41-30-32-46(33-31-41)60-62-59(45-17-6-3-7-18-45)63-61(64-60)55-26-13-25-54-53-24-12-23-52(57(53)66-58(54)55)43-14-4-2-5-15-43/h2-27,29-39H,1H3. The van der Waals surface area contributed by atoms with Gasteiger partial charge in [-0.15, -0.1) is 11.3 Å². The summed E-state index contributed by atoms with van der Waals surface area (Å²) in [5.41, 5.74) is 20.2. The summed E-state index contributed by atoms with van der Waals surface area (Å²) in [5.74, 6) is 1.94. The first-order chi connectivity index (χ1) is 32.6. The SMILES string of the molecule is CC1=C=Cc2ccccc2N1c1ccc(-c2cccc(-c3cccc(-c4ccc(-c5nc(-c6ccccc6)nc(-c6cccc7c6sc6c(-c8ccccc8)cccc67)n5)cc4)c3)c2)cc1. The molecule has 1 aliphatic heterocycles. The second kappa shape index (κ2) is 16.6. The Hall–Kier alpha value is -8.47. The molecule has 0 unspecified atom stereocenters. The Kier molecular flexibility index (Phi) is 9.84. The first-order valence-electron chi connectivity index (χ1n) is 22.2. The maximum atomic E-state index is 5.21. The van der Waals surface area contributed by atoms with Crippen molar-refractivity contribution in [1.82, 2.24) is 15.0 Å². The maximum absolute atomic E-state index is 5.21. The zero-order valence-electron chi connectivity index (χ0n) is 36.1. The monoisotopic (exact) mass is 860 g/mol. The lowest BCUT2D eigenvalue weighted by molar-refractivity contribution is 1.08. The second-order valence-electron chi connectivity index (χ2n) is 16.6. The van der Waals surface area contributed by atoms with Gasteiger partial charge in [-0.25, -0.2) is 15.0 Å². The Morgan fingerprint density at radius 2 is 0.833 bits per heavy atom. The molecule has 0 atom stereocenters. The van der Waals surface area contributed by atoms with Crippen molar-refractivity contribution in [3.05, 3.63) is 235 Å². The average molecular weight is 861 g/mol. The third kappa shape index (κ3) is 7.19. The molecule has 0 spiro atoms. The predicted octanol–water partition coefficient (Wildman–Crippen LogP) is 16.6. The lowest BCUT2D eigenvalue weighted by Gasteiger charge is -2.28. The van der Waals surface area contributed by atoms with Crippen molar-refractivity contribution in [2.24, 2.45) is 0 Å². The highest BCUT2D eigenvalue weighted by Gasteiger charge is 2.20. The van der Waals surface area contributed by atoms with Gasteiger partial charge in [0.2, 0.25) is 0 Å². The lowest BCUT2D eigenvalue weighted by Crippen LogP contribution is -2.16. The molecule has 0 saturated heterocycles. The second-order valence-corrected chi connectivity index (χ2v) is 17.6. The zero-order valence-corrected chi connectivity index (χ0v) is 36.9. The van der Waals surface area contributed by atoms with Crippen LogP contribution in [0.3, 0.4) is 0 Å². The minimum absolute atomic E-state index is 0.635. The fourth-order valence-corrected chi connectivity index (χ4v) is 10.5. The van der Waals surface area contributed by atoms with E-state index in [9.17, 15) is 0 Å². The number of hydrogen-bond donors (Lipinski definition) is 0. The van der Waals surface area contributed by atoms with Crippen LogP contribution >= 0.6 is 11.3 Å². The fourth-order valence-electron chi connectivity index (χ4n) is 9.13. The highest BCUT2D eigenvalue weighted by Crippen LogP contribution is 2.44. The van der Waals surface area contributed by atoms with Crippen LogP contribution in [-0.4, -0.2) is 15.0 Å². The molecule has 2 aromatic heterocycles. The van der Waals surface area contributed by atoms with Gasteiger partial charge in [0.25, 0.3) is 0 Å². The van der Waals surface area contributed by atoms with E-state index in [1.54, 1.807) is 11.3 Å². The zero-order chi connectivity index (χ0) is 44.0. The molecule has 12 rings (SSSR count). The molecular weight excluding hydrogens is 821 g/mol. The molecule has 9 aromatic carbocycles. The molecule has 3 heterocycles. The summed E-state index contributed by atoms with van der Waals surface area (Å²) in [6.07, 6.45) is 2.06. The van der Waals surface area contributed by atoms with Crippen LogP contribution in [-0.2, 0) is 0 Å². The van der Waals surface area contributed by atoms with E-state index < -0.39 is 0 Å². The van der Waals surface area contributed by atoms with Crippen LogP contribution in [0.2, 0.25) is 0 Å². The summed E-state index contributed by atoms with van der Waals surface area (Å²) < 4.78 is 2.42. The quantitative estimate of drug-likeness (QED) is 0.143. The summed E-state index contributed by atoms with van der Waals surface area (Å²) >= 11 is 1.80. The Labute approximate surface area is 387 Å². The number of fused-ring (bicyclic) bond motifs is 4. The molecule has 11 aromatic rings. The van der Waals surface area contributed by atoms with Crippen molar-refractivity contribution in [3.8, 4) is 78.7 Å². The molecule has 0 aliphatic carbocycles. The van der Waals surface area contributed by atoms with Gasteiger partial charge >= 0.3 is 0 Å². The number of allylic oxidation sites excluding steroid dienone is 1. The number of rotatable bonds is 8. The molecule has 66 heavy (non-hydrogen) atoms. The summed E-state index contributed by atoms with van der Waals surface area (Å²) in [6.45, 7) is 2.11. The van der Waals surface area contributed by atoms with Crippen molar-refractivity contribution in [1.29, 1.82) is 0 Å². The number of thiophene rings is 1. The van der Waals surface area contributed by atoms with Crippen molar-refractivity contribution in [3.63, 3.8) is 0 Å². The number of para-hydroxylation sites is 1. The normalized spacial score (nSPS) is 12.1. The van der Waals surface area contributed by atoms with Gasteiger partial charge in [0, 0.05) is 48.1 Å². The number of anilines is 2. The van der Waals surface area contributed by atoms with E-state index in [4.69, 9.17) is 15.0 Å². The van der Waals surface area contributed by atoms with Crippen molar-refractivity contribution < 1.29 is 0 Å². The molecule has 0 amide bonds. The lowest BCUT2D eigenvalue weighted by atomic mass is 9.95. The van der Waals surface area contributed by atoms with E-state index in [-0.39, 0.29) is 0 Å². The molecule has 0 N–H and O–H groups in total. The maximum Gasteiger partial charge on any atom is 0.165 e. The van der Waals surface area contributed by atoms with Crippen LogP contribution in [0.25, 0.3) is 105 Å². The molecule has 0 fully saturated rings. The molecule has 0 bridgehead atoms. The van der Waals surface area contributed by atoms with E-state index >= 15 is 0 Å². The molecule has 310 valence electrons. The summed E-state index contributed by atoms with van der Waals surface area (Å²) in [6, 6.07) is 77.3. The molecule has 0 radical (unpaired) electrons. The minimum Gasteiger partial charge on any atom is -0.307 e. The molecule has 5 heteroatoms. The van der Waals surface area contributed by atoms with Gasteiger partial charge < -0.3 is 4.90 Å². The van der Waals surface area contributed by atoms with E-state index in [0.29, 0.717) is 17.5 Å². The van der Waals surface area contributed by atoms with Gasteiger partial charge in [0.15, 0.2) is 17.5 Å². The predicted molar refractivity (Wildman–Crippen MR) is 277 cm³/mol. The van der Waals surface area contributed by atoms with Gasteiger partial charge in [-0.2, -0.15) is 0 Å². The van der Waals surface area contributed by atoms with Gasteiger partial charge in [0.05, 0.1) is 11.4 Å². The Morgan fingerprint density at radius 1 is 0.379 bits per heavy atom. The van der Waals surface area contributed by atoms with E-state index in [1.165, 1.54) is 54.5 Å². The van der Waals surface area contributed by atoms with E-state index in [1.807, 2.05) is 18.2 Å². The number of hydrogen-bond acceptors (Lipinski definition) is 5. The largest absolute Gasteiger partial charge is 0.307 e. The van der Waals surface area contributed by atoms with Crippen LogP contribution in [0.5, 0.6) is 0 Å². The van der Waals surface area contributed by atoms with Crippen molar-refractivity contribution >= 4 is 49.0 Å². The van der Waals surface area contributed by atoms with Gasteiger partial charge in [-0.1, -0.05) is 188 Å². The van der Waals surface area contributed by atoms with Gasteiger partial charge in [-0.3, -0.25) is 0 Å². The highest BCUT2D eigenvalue weighted by atomic mass is 32.1. The topological polar surface area (TPSA) is 41.9 Å². The number of benzene rings is 9. The van der Waals surface area contributed by atoms with Gasteiger partial charge in [-0.05, 0) is 93.9 Å². The van der Waals surface area contributed by atoms with Crippen LogP contribution in [0, 0.1) is 0 Å². The molecule has 0 saturated carbocycles. The highest BCUT2D eigenvalue weighted by molar-refractivity contribution is 7.26. The van der Waals surface area contributed by atoms with Crippen LogP contribution < -0.4 is 4.90 Å². The third-order valence-electron chi connectivity index (χ3n) is 12.5. The first-order valence-corrected chi connectivity index (χ1v) is 23.0. The Morgan fingerprint density at radius 3 is 1.47 bits per heavy atom. The number of nitrogens with zero attached hydrogens (tertiary/aromatic N) is 4. The van der Waals surface area contributed by atoms with Gasteiger partial charge in [0.1, 0.15) is 0 Å². The van der Waals surface area contributed by atoms with Crippen molar-refractivity contribution in [2.45, 2.75) is 6.92 Å². The fraction of sp³-hybridized carbons (Fsp3) is 0.0164. The van der Waals surface area contributed by atoms with Crippen LogP contribution in [0.4, 0.5) is 11.4 Å². The number of aromatic nitrogens is 3. The van der Waals surface area contributed by atoms with E-state index in [2.05, 4.69) is 224 Å². The molecular formula is C61H40N4S. The van der Waals surface area contributed by atoms with Crippen LogP contribution in [0.1, 0.15) is 12.5 Å². The first kappa shape index (κ1) is 39.1. The van der Waals surface area contributed by atoms with Crippen LogP contribution in [0.15, 0.2) is 230 Å². The smallest absolute Gasteiger partial charge is 0.165 e. The Balaban J connectivity index is 0.859. The van der Waals surface area contributed by atoms with E-state index in [0.717, 1.165) is 49.5 Å². The summed E-state index contributed by atoms with van der Waals surface area (Å²) in [7, 11) is 0. The third-order valence-corrected chi connectivity index (χ3v) is 13.7. The van der Waals surface area contributed by atoms with Crippen molar-refractivity contribution in [2.75, 3.05) is 4.90 Å². The summed E-state index contributed by atoms with van der Waals surface area (Å²) in [5, 5.41) is 2.44. The Bertz CT molecular complexity index is 3680. The molecule has 4 nitrogen and oxygen atoms in total. The minimum atomic E-state index is 0.635. The summed E-state index contributed by atoms with van der Waals surface area (Å²) in [4.78, 5) is 17.7. The molecule has 1 aliphatic rings.